The first kappa shape index (κ1) is 9.28. The fourth-order valence-electron chi connectivity index (χ4n) is 1.77. The van der Waals surface area contributed by atoms with Crippen molar-refractivity contribution in [1.82, 2.24) is 5.01 Å². The Kier molecular flexibility index (Phi) is 2.84. The van der Waals surface area contributed by atoms with Crippen LogP contribution in [0, 0.1) is 0 Å². The van der Waals surface area contributed by atoms with Gasteiger partial charge in [0.05, 0.1) is 0 Å². The molecule has 0 radical (unpaired) electrons. The Morgan fingerprint density at radius 2 is 1.93 bits per heavy atom. The van der Waals surface area contributed by atoms with Crippen LogP contribution < -0.4 is 5.84 Å². The number of allylic oxidation sites excluding steroid dienone is 1. The van der Waals surface area contributed by atoms with Crippen LogP contribution in [-0.2, 0) is 0 Å². The number of nitrogens with zero attached hydrogens (tertiary/aromatic N) is 1. The normalized spacial score (nSPS) is 20.1. The zero-order chi connectivity index (χ0) is 9.80. The minimum Gasteiger partial charge on any atom is -0.315 e. The lowest BCUT2D eigenvalue weighted by Crippen LogP contribution is -2.33. The summed E-state index contributed by atoms with van der Waals surface area (Å²) in [6.07, 6.45) is 5.75. The molecule has 0 bridgehead atoms. The zero-order valence-electron chi connectivity index (χ0n) is 8.32. The molecule has 0 amide bonds. The second kappa shape index (κ2) is 4.29. The highest BCUT2D eigenvalue weighted by Crippen LogP contribution is 2.19. The van der Waals surface area contributed by atoms with E-state index in [9.17, 15) is 0 Å². The van der Waals surface area contributed by atoms with E-state index in [1.54, 1.807) is 0 Å². The molecule has 74 valence electrons. The van der Waals surface area contributed by atoms with Gasteiger partial charge in [-0.25, -0.2) is 5.84 Å². The van der Waals surface area contributed by atoms with Crippen molar-refractivity contribution in [2.75, 3.05) is 6.54 Å². The van der Waals surface area contributed by atoms with E-state index in [1.165, 1.54) is 24.1 Å². The van der Waals surface area contributed by atoms with E-state index in [2.05, 4.69) is 30.3 Å². The zero-order valence-corrected chi connectivity index (χ0v) is 8.32. The molecule has 2 heteroatoms. The van der Waals surface area contributed by atoms with Gasteiger partial charge in [0.25, 0.3) is 0 Å². The smallest absolute Gasteiger partial charge is 0.0338 e. The van der Waals surface area contributed by atoms with Crippen LogP contribution in [0.1, 0.15) is 24.8 Å². The average Bonchev–Trinajstić information content (AvgIpc) is 2.23. The molecular weight excluding hydrogens is 172 g/mol. The third-order valence-electron chi connectivity index (χ3n) is 2.58. The molecule has 2 N–H and O–H groups in total. The van der Waals surface area contributed by atoms with E-state index >= 15 is 0 Å². The summed E-state index contributed by atoms with van der Waals surface area (Å²) < 4.78 is 0. The fourth-order valence-corrected chi connectivity index (χ4v) is 1.77. The summed E-state index contributed by atoms with van der Waals surface area (Å²) in [6.45, 7) is 0.985. The summed E-state index contributed by atoms with van der Waals surface area (Å²) in [5, 5.41) is 1.87. The van der Waals surface area contributed by atoms with Gasteiger partial charge in [-0.1, -0.05) is 30.3 Å². The van der Waals surface area contributed by atoms with Crippen molar-refractivity contribution in [1.29, 1.82) is 0 Å². The molecule has 2 rings (SSSR count). The Balaban J connectivity index is 2.17. The molecular formula is C12H16N2. The SMILES string of the molecule is NN1CCCCC1=Cc1ccccc1. The lowest BCUT2D eigenvalue weighted by Gasteiger charge is -2.26. The molecule has 14 heavy (non-hydrogen) atoms. The van der Waals surface area contributed by atoms with E-state index in [0.717, 1.165) is 13.0 Å². The van der Waals surface area contributed by atoms with Gasteiger partial charge in [-0.05, 0) is 30.9 Å². The molecule has 0 atom stereocenters. The number of benzene rings is 1. The Morgan fingerprint density at radius 1 is 1.14 bits per heavy atom. The van der Waals surface area contributed by atoms with E-state index < -0.39 is 0 Å². The molecule has 1 heterocycles. The second-order valence-corrected chi connectivity index (χ2v) is 3.70. The first-order valence-electron chi connectivity index (χ1n) is 5.14. The predicted molar refractivity (Wildman–Crippen MR) is 59.2 cm³/mol. The molecule has 1 aromatic rings. The number of rotatable bonds is 1. The maximum Gasteiger partial charge on any atom is 0.0338 e. The molecule has 1 aliphatic rings. The van der Waals surface area contributed by atoms with Gasteiger partial charge in [0.2, 0.25) is 0 Å². The number of hydrazine groups is 1. The Labute approximate surface area is 85.0 Å². The Bertz CT molecular complexity index is 316. The predicted octanol–water partition coefficient (Wildman–Crippen LogP) is 2.39. The minimum atomic E-state index is 0.985. The highest BCUT2D eigenvalue weighted by molar-refractivity contribution is 5.52. The van der Waals surface area contributed by atoms with Crippen molar-refractivity contribution in [2.45, 2.75) is 19.3 Å². The largest absolute Gasteiger partial charge is 0.315 e. The van der Waals surface area contributed by atoms with Crippen molar-refractivity contribution in [2.24, 2.45) is 5.84 Å². The summed E-state index contributed by atoms with van der Waals surface area (Å²) in [5.41, 5.74) is 2.49. The fraction of sp³-hybridized carbons (Fsp3) is 0.333. The Hall–Kier alpha value is -1.28. The van der Waals surface area contributed by atoms with E-state index in [0.29, 0.717) is 0 Å². The van der Waals surface area contributed by atoms with Crippen LogP contribution >= 0.6 is 0 Å². The summed E-state index contributed by atoms with van der Waals surface area (Å²) >= 11 is 0. The van der Waals surface area contributed by atoms with Gasteiger partial charge in [0.1, 0.15) is 0 Å². The van der Waals surface area contributed by atoms with Crippen molar-refractivity contribution in [3.05, 3.63) is 41.6 Å². The van der Waals surface area contributed by atoms with Crippen molar-refractivity contribution < 1.29 is 0 Å². The quantitative estimate of drug-likeness (QED) is 0.686. The van der Waals surface area contributed by atoms with Crippen LogP contribution in [0.2, 0.25) is 0 Å². The number of piperidine rings is 1. The highest BCUT2D eigenvalue weighted by Gasteiger charge is 2.10. The van der Waals surface area contributed by atoms with E-state index in [1.807, 2.05) is 11.1 Å². The van der Waals surface area contributed by atoms with Crippen molar-refractivity contribution in [3.63, 3.8) is 0 Å². The van der Waals surface area contributed by atoms with Crippen LogP contribution in [0.25, 0.3) is 6.08 Å². The van der Waals surface area contributed by atoms with Gasteiger partial charge < -0.3 is 5.01 Å². The van der Waals surface area contributed by atoms with Crippen LogP contribution in [0.4, 0.5) is 0 Å². The summed E-state index contributed by atoms with van der Waals surface area (Å²) in [5.74, 6) is 5.89. The third kappa shape index (κ3) is 2.15. The molecule has 1 aliphatic heterocycles. The average molecular weight is 188 g/mol. The van der Waals surface area contributed by atoms with Gasteiger partial charge in [-0.2, -0.15) is 0 Å². The summed E-state index contributed by atoms with van der Waals surface area (Å²) in [6, 6.07) is 10.3. The molecule has 0 aliphatic carbocycles. The van der Waals surface area contributed by atoms with Crippen LogP contribution in [0.5, 0.6) is 0 Å². The monoisotopic (exact) mass is 188 g/mol. The van der Waals surface area contributed by atoms with Gasteiger partial charge in [0.15, 0.2) is 0 Å². The van der Waals surface area contributed by atoms with Crippen molar-refractivity contribution in [3.8, 4) is 0 Å². The summed E-state index contributed by atoms with van der Waals surface area (Å²) in [7, 11) is 0. The van der Waals surface area contributed by atoms with Gasteiger partial charge >= 0.3 is 0 Å². The molecule has 0 aromatic heterocycles. The third-order valence-corrected chi connectivity index (χ3v) is 2.58. The first-order valence-corrected chi connectivity index (χ1v) is 5.14. The first-order chi connectivity index (χ1) is 6.86. The lowest BCUT2D eigenvalue weighted by atomic mass is 10.1. The van der Waals surface area contributed by atoms with Crippen LogP contribution in [0.15, 0.2) is 36.0 Å². The van der Waals surface area contributed by atoms with E-state index in [4.69, 9.17) is 5.84 Å². The molecule has 1 saturated heterocycles. The number of nitrogens with two attached hydrogens (primary N) is 1. The molecule has 0 spiro atoms. The summed E-state index contributed by atoms with van der Waals surface area (Å²) in [4.78, 5) is 0. The maximum absolute atomic E-state index is 5.89. The van der Waals surface area contributed by atoms with Crippen LogP contribution in [0.3, 0.4) is 0 Å². The standard InChI is InChI=1S/C12H16N2/c13-14-9-5-4-8-12(14)10-11-6-2-1-3-7-11/h1-3,6-7,10H,4-5,8-9,13H2. The Morgan fingerprint density at radius 3 is 2.64 bits per heavy atom. The van der Waals surface area contributed by atoms with E-state index in [-0.39, 0.29) is 0 Å². The molecule has 0 unspecified atom stereocenters. The number of hydrogen-bond donors (Lipinski definition) is 1. The van der Waals surface area contributed by atoms with Crippen molar-refractivity contribution >= 4 is 6.08 Å². The molecule has 0 saturated carbocycles. The second-order valence-electron chi connectivity index (χ2n) is 3.70. The number of hydrogen-bond acceptors (Lipinski definition) is 2. The molecule has 1 aromatic carbocycles. The maximum atomic E-state index is 5.89. The van der Waals surface area contributed by atoms with Gasteiger partial charge in [-0.3, -0.25) is 0 Å². The molecule has 1 fully saturated rings. The minimum absolute atomic E-state index is 0.985. The highest BCUT2D eigenvalue weighted by atomic mass is 15.4. The molecule has 2 nitrogen and oxygen atoms in total. The van der Waals surface area contributed by atoms with Gasteiger partial charge in [0, 0.05) is 12.2 Å². The lowest BCUT2D eigenvalue weighted by molar-refractivity contribution is 0.303. The van der Waals surface area contributed by atoms with Gasteiger partial charge in [-0.15, -0.1) is 0 Å². The van der Waals surface area contributed by atoms with Crippen LogP contribution in [-0.4, -0.2) is 11.6 Å². The topological polar surface area (TPSA) is 29.3 Å².